The highest BCUT2D eigenvalue weighted by Crippen LogP contribution is 2.32. The maximum Gasteiger partial charge on any atom is 0.277 e. The largest absolute Gasteiger partial charge is 0.306 e. The van der Waals surface area contributed by atoms with Crippen LogP contribution in [0.2, 0.25) is 0 Å². The van der Waals surface area contributed by atoms with Crippen molar-refractivity contribution in [3.63, 3.8) is 0 Å². The van der Waals surface area contributed by atoms with Crippen LogP contribution in [0.5, 0.6) is 0 Å². The second kappa shape index (κ2) is 8.30. The molecule has 172 valence electrons. The highest BCUT2D eigenvalue weighted by Gasteiger charge is 2.22. The Morgan fingerprint density at radius 2 is 1.65 bits per heavy atom. The van der Waals surface area contributed by atoms with Gasteiger partial charge in [0.15, 0.2) is 0 Å². The lowest BCUT2D eigenvalue weighted by atomic mass is 9.92. The van der Waals surface area contributed by atoms with Crippen LogP contribution in [0.1, 0.15) is 40.0 Å². The smallest absolute Gasteiger partial charge is 0.277 e. The molecule has 2 aromatic heterocycles. The van der Waals surface area contributed by atoms with Gasteiger partial charge < -0.3 is 5.32 Å². The number of nitro benzene ring substituents is 2. The van der Waals surface area contributed by atoms with Crippen molar-refractivity contribution in [3.05, 3.63) is 79.0 Å². The Bertz CT molecular complexity index is 1420. The molecule has 34 heavy (non-hydrogen) atoms. The normalized spacial score (nSPS) is 13.0. The number of nitrogens with one attached hydrogen (secondary N) is 1. The number of carbonyl (C=O) groups is 1. The molecule has 5 rings (SSSR count). The molecule has 0 bridgehead atoms. The van der Waals surface area contributed by atoms with Crippen LogP contribution in [0.15, 0.2) is 36.4 Å². The summed E-state index contributed by atoms with van der Waals surface area (Å²) in [6, 6.07) is 8.73. The fourth-order valence-corrected chi connectivity index (χ4v) is 5.07. The Hall–Kier alpha value is -4.19. The van der Waals surface area contributed by atoms with E-state index >= 15 is 0 Å². The summed E-state index contributed by atoms with van der Waals surface area (Å²) >= 11 is 1.45. The fourth-order valence-electron chi connectivity index (χ4n) is 4.09. The average Bonchev–Trinajstić information content (AvgIpc) is 3.39. The van der Waals surface area contributed by atoms with Crippen molar-refractivity contribution < 1.29 is 14.6 Å². The summed E-state index contributed by atoms with van der Waals surface area (Å²) in [4.78, 5) is 38.4. The standard InChI is InChI=1S/C22H18N6O5S/c1-12-6-20(24-21(29)15-7-16(27(30)31)11-17(8-15)28(32)33)26(25-12)22-23-18-9-13-4-2-3-5-14(13)10-19(18)34-22/h6-11H,2-5H2,1H3,(H,24,29). The van der Waals surface area contributed by atoms with E-state index < -0.39 is 27.1 Å². The SMILES string of the molecule is Cc1cc(NC(=O)c2cc([N+](=O)[O-])cc([N+](=O)[O-])c2)n(-c2nc3cc4c(cc3s2)CCCC4)n1. The number of anilines is 1. The minimum absolute atomic E-state index is 0.205. The molecule has 1 aliphatic rings. The number of carbonyl (C=O) groups excluding carboxylic acids is 1. The lowest BCUT2D eigenvalue weighted by molar-refractivity contribution is -0.394. The third kappa shape index (κ3) is 3.99. The Labute approximate surface area is 196 Å². The molecule has 12 heteroatoms. The second-order valence-electron chi connectivity index (χ2n) is 8.08. The molecule has 0 unspecified atom stereocenters. The van der Waals surface area contributed by atoms with Crippen molar-refractivity contribution in [3.8, 4) is 5.13 Å². The minimum Gasteiger partial charge on any atom is -0.306 e. The van der Waals surface area contributed by atoms with E-state index in [1.807, 2.05) is 0 Å². The van der Waals surface area contributed by atoms with Gasteiger partial charge in [-0.05, 0) is 55.9 Å². The van der Waals surface area contributed by atoms with E-state index in [9.17, 15) is 25.0 Å². The number of non-ortho nitro benzene ring substituents is 2. The molecule has 2 heterocycles. The molecular formula is C22H18N6O5S. The van der Waals surface area contributed by atoms with Gasteiger partial charge in [-0.2, -0.15) is 9.78 Å². The van der Waals surface area contributed by atoms with Crippen LogP contribution in [-0.2, 0) is 12.8 Å². The van der Waals surface area contributed by atoms with E-state index in [2.05, 4.69) is 22.5 Å². The fraction of sp³-hybridized carbons (Fsp3) is 0.227. The van der Waals surface area contributed by atoms with Gasteiger partial charge in [0.1, 0.15) is 5.82 Å². The van der Waals surface area contributed by atoms with Crippen molar-refractivity contribution in [1.29, 1.82) is 0 Å². The predicted molar refractivity (Wildman–Crippen MR) is 126 cm³/mol. The van der Waals surface area contributed by atoms with E-state index in [0.717, 1.165) is 41.3 Å². The molecule has 0 spiro atoms. The number of rotatable bonds is 5. The summed E-state index contributed by atoms with van der Waals surface area (Å²) in [7, 11) is 0. The minimum atomic E-state index is -0.779. The number of aromatic nitrogens is 3. The molecule has 0 atom stereocenters. The number of fused-ring (bicyclic) bond motifs is 2. The second-order valence-corrected chi connectivity index (χ2v) is 9.09. The first-order valence-electron chi connectivity index (χ1n) is 10.5. The summed E-state index contributed by atoms with van der Waals surface area (Å²) in [5.74, 6) is -0.426. The van der Waals surface area contributed by atoms with Crippen molar-refractivity contribution in [2.24, 2.45) is 0 Å². The van der Waals surface area contributed by atoms with Crippen LogP contribution in [-0.4, -0.2) is 30.5 Å². The van der Waals surface area contributed by atoms with E-state index in [1.165, 1.54) is 40.0 Å². The summed E-state index contributed by atoms with van der Waals surface area (Å²) in [5, 5.41) is 30.0. The van der Waals surface area contributed by atoms with Crippen molar-refractivity contribution in [2.45, 2.75) is 32.6 Å². The number of nitro groups is 2. The zero-order chi connectivity index (χ0) is 24.0. The number of aryl methyl sites for hydroxylation is 3. The molecule has 0 fully saturated rings. The number of hydrogen-bond donors (Lipinski definition) is 1. The summed E-state index contributed by atoms with van der Waals surface area (Å²) in [6.07, 6.45) is 4.43. The summed E-state index contributed by atoms with van der Waals surface area (Å²) < 4.78 is 2.53. The van der Waals surface area contributed by atoms with Crippen LogP contribution in [0.3, 0.4) is 0 Å². The molecule has 4 aromatic rings. The van der Waals surface area contributed by atoms with Crippen LogP contribution in [0, 0.1) is 27.2 Å². The highest BCUT2D eigenvalue weighted by molar-refractivity contribution is 7.20. The topological polar surface area (TPSA) is 146 Å². The Morgan fingerprint density at radius 3 is 2.29 bits per heavy atom. The van der Waals surface area contributed by atoms with Crippen molar-refractivity contribution in [2.75, 3.05) is 5.32 Å². The first-order valence-corrected chi connectivity index (χ1v) is 11.3. The monoisotopic (exact) mass is 478 g/mol. The molecule has 0 radical (unpaired) electrons. The number of thiazole rings is 1. The maximum atomic E-state index is 12.9. The molecule has 1 amide bonds. The molecular weight excluding hydrogens is 460 g/mol. The Balaban J connectivity index is 1.50. The summed E-state index contributed by atoms with van der Waals surface area (Å²) in [6.45, 7) is 1.76. The van der Waals surface area contributed by atoms with Crippen LogP contribution in [0.25, 0.3) is 15.3 Å². The zero-order valence-corrected chi connectivity index (χ0v) is 18.8. The Kier molecular flexibility index (Phi) is 5.28. The van der Waals surface area contributed by atoms with Crippen molar-refractivity contribution in [1.82, 2.24) is 14.8 Å². The lowest BCUT2D eigenvalue weighted by Gasteiger charge is -2.14. The van der Waals surface area contributed by atoms with E-state index in [0.29, 0.717) is 16.6 Å². The number of amides is 1. The van der Waals surface area contributed by atoms with E-state index in [4.69, 9.17) is 4.98 Å². The van der Waals surface area contributed by atoms with E-state index in [-0.39, 0.29) is 5.56 Å². The third-order valence-corrected chi connectivity index (χ3v) is 6.68. The first kappa shape index (κ1) is 21.6. The first-order chi connectivity index (χ1) is 16.3. The molecule has 11 nitrogen and oxygen atoms in total. The molecule has 2 aromatic carbocycles. The molecule has 1 aliphatic carbocycles. The average molecular weight is 478 g/mol. The summed E-state index contributed by atoms with van der Waals surface area (Å²) in [5.41, 5.74) is 2.85. The predicted octanol–water partition coefficient (Wildman–Crippen LogP) is 4.74. The van der Waals surface area contributed by atoms with Gasteiger partial charge >= 0.3 is 0 Å². The molecule has 0 aliphatic heterocycles. The third-order valence-electron chi connectivity index (χ3n) is 5.68. The molecule has 1 N–H and O–H groups in total. The van der Waals surface area contributed by atoms with Gasteiger partial charge in [-0.1, -0.05) is 11.3 Å². The maximum absolute atomic E-state index is 12.9. The van der Waals surface area contributed by atoms with Crippen LogP contribution in [0.4, 0.5) is 17.2 Å². The van der Waals surface area contributed by atoms with Crippen molar-refractivity contribution >= 4 is 44.7 Å². The van der Waals surface area contributed by atoms with Gasteiger partial charge in [0.2, 0.25) is 5.13 Å². The van der Waals surface area contributed by atoms with Gasteiger partial charge in [-0.25, -0.2) is 4.98 Å². The van der Waals surface area contributed by atoms with Gasteiger partial charge in [0.05, 0.1) is 37.4 Å². The highest BCUT2D eigenvalue weighted by atomic mass is 32.1. The van der Waals surface area contributed by atoms with Gasteiger partial charge in [-0.15, -0.1) is 0 Å². The number of hydrogen-bond acceptors (Lipinski definition) is 8. The quantitative estimate of drug-likeness (QED) is 0.322. The van der Waals surface area contributed by atoms with Gasteiger partial charge in [0.25, 0.3) is 17.3 Å². The number of benzene rings is 2. The van der Waals surface area contributed by atoms with Crippen LogP contribution >= 0.6 is 11.3 Å². The Morgan fingerprint density at radius 1 is 1.00 bits per heavy atom. The van der Waals surface area contributed by atoms with E-state index in [1.54, 1.807) is 13.0 Å². The molecule has 0 saturated carbocycles. The number of nitrogens with zero attached hydrogens (tertiary/aromatic N) is 5. The van der Waals surface area contributed by atoms with Gasteiger partial charge in [-0.3, -0.25) is 25.0 Å². The zero-order valence-electron chi connectivity index (χ0n) is 18.0. The van der Waals surface area contributed by atoms with Gasteiger partial charge in [0, 0.05) is 18.2 Å². The molecule has 0 saturated heterocycles. The lowest BCUT2D eigenvalue weighted by Crippen LogP contribution is -2.15. The van der Waals surface area contributed by atoms with Crippen LogP contribution < -0.4 is 5.32 Å².